The molecule has 4 nitrogen and oxygen atoms in total. The van der Waals surface area contributed by atoms with Gasteiger partial charge in [0.25, 0.3) is 0 Å². The highest BCUT2D eigenvalue weighted by atomic mass is 28.4. The molecule has 21 heavy (non-hydrogen) atoms. The number of carbonyl (C=O) groups excluding carboxylic acids is 1. The van der Waals surface area contributed by atoms with E-state index in [1.165, 1.54) is 11.6 Å². The zero-order chi connectivity index (χ0) is 15.7. The van der Waals surface area contributed by atoms with Gasteiger partial charge in [-0.25, -0.2) is 4.79 Å². The van der Waals surface area contributed by atoms with Crippen molar-refractivity contribution >= 4 is 19.7 Å². The summed E-state index contributed by atoms with van der Waals surface area (Å²) in [6.07, 6.45) is 3.79. The quantitative estimate of drug-likeness (QED) is 0.320. The summed E-state index contributed by atoms with van der Waals surface area (Å²) in [4.78, 5) is 11.3. The maximum atomic E-state index is 11.3. The summed E-state index contributed by atoms with van der Waals surface area (Å²) in [7, 11) is 0.913. The molecule has 5 heteroatoms. The van der Waals surface area contributed by atoms with Gasteiger partial charge < -0.3 is 13.6 Å². The highest BCUT2D eigenvalue weighted by molar-refractivity contribution is 6.81. The van der Waals surface area contributed by atoms with Gasteiger partial charge in [-0.05, 0) is 37.1 Å². The molecular formula is C16H24O4Si. The second-order valence-electron chi connectivity index (χ2n) is 4.75. The van der Waals surface area contributed by atoms with Gasteiger partial charge in [0.1, 0.15) is 0 Å². The third kappa shape index (κ3) is 4.80. The molecule has 1 aromatic carbocycles. The van der Waals surface area contributed by atoms with Crippen LogP contribution in [-0.2, 0) is 18.4 Å². The maximum Gasteiger partial charge on any atom is 0.372 e. The molecule has 0 saturated heterocycles. The van der Waals surface area contributed by atoms with Crippen LogP contribution in [0.4, 0.5) is 0 Å². The number of rotatable bonds is 8. The van der Waals surface area contributed by atoms with Crippen molar-refractivity contribution in [1.29, 1.82) is 0 Å². The molecule has 0 N–H and O–H groups in total. The fourth-order valence-electron chi connectivity index (χ4n) is 2.30. The number of hydrogen-bond acceptors (Lipinski definition) is 4. The molecule has 1 rings (SSSR count). The van der Waals surface area contributed by atoms with Crippen molar-refractivity contribution in [1.82, 2.24) is 0 Å². The van der Waals surface area contributed by atoms with Crippen molar-refractivity contribution < 1.29 is 18.4 Å². The van der Waals surface area contributed by atoms with Crippen LogP contribution in [0.1, 0.15) is 18.9 Å². The van der Waals surface area contributed by atoms with Gasteiger partial charge in [0.15, 0.2) is 0 Å². The highest BCUT2D eigenvalue weighted by Crippen LogP contribution is 2.17. The van der Waals surface area contributed by atoms with Crippen molar-refractivity contribution in [2.45, 2.75) is 26.3 Å². The Balaban J connectivity index is 2.70. The van der Waals surface area contributed by atoms with Gasteiger partial charge in [0, 0.05) is 20.3 Å². The molecule has 0 aromatic heterocycles. The largest absolute Gasteiger partial charge is 0.463 e. The molecule has 0 atom stereocenters. The first-order valence-electron chi connectivity index (χ1n) is 7.05. The predicted molar refractivity (Wildman–Crippen MR) is 85.8 cm³/mol. The van der Waals surface area contributed by atoms with E-state index in [1.54, 1.807) is 27.2 Å². The Bertz CT molecular complexity index is 481. The van der Waals surface area contributed by atoms with Gasteiger partial charge in [0.2, 0.25) is 0 Å². The standard InChI is InChI=1S/C16H24O4Si/c1-5-9-16(17)20-12-8-13-21(18-3,19-4)15-11-7-6-10-14(15)2/h5-7,9-11H,8,12-13H2,1-4H3. The second kappa shape index (κ2) is 8.77. The van der Waals surface area contributed by atoms with E-state index in [1.807, 2.05) is 12.1 Å². The van der Waals surface area contributed by atoms with Crippen molar-refractivity contribution in [3.63, 3.8) is 0 Å². The Morgan fingerprint density at radius 1 is 1.24 bits per heavy atom. The van der Waals surface area contributed by atoms with Crippen LogP contribution >= 0.6 is 0 Å². The minimum Gasteiger partial charge on any atom is -0.463 e. The molecule has 0 amide bonds. The van der Waals surface area contributed by atoms with Gasteiger partial charge in [0.05, 0.1) is 6.61 Å². The van der Waals surface area contributed by atoms with Gasteiger partial charge in [-0.2, -0.15) is 0 Å². The molecule has 0 fully saturated rings. The topological polar surface area (TPSA) is 44.8 Å². The molecule has 0 saturated carbocycles. The van der Waals surface area contributed by atoms with Gasteiger partial charge in [-0.1, -0.05) is 30.3 Å². The van der Waals surface area contributed by atoms with Crippen LogP contribution in [0.2, 0.25) is 6.04 Å². The van der Waals surface area contributed by atoms with Crippen molar-refractivity contribution in [3.05, 3.63) is 42.0 Å². The number of esters is 1. The summed E-state index contributed by atoms with van der Waals surface area (Å²) in [5.74, 6) is -0.310. The van der Waals surface area contributed by atoms with E-state index < -0.39 is 8.56 Å². The molecule has 0 radical (unpaired) electrons. The summed E-state index contributed by atoms with van der Waals surface area (Å²) >= 11 is 0. The average Bonchev–Trinajstić information content (AvgIpc) is 2.49. The fourth-order valence-corrected chi connectivity index (χ4v) is 5.23. The molecule has 0 aliphatic heterocycles. The number of ether oxygens (including phenoxy) is 1. The number of allylic oxidation sites excluding steroid dienone is 1. The minimum absolute atomic E-state index is 0.310. The van der Waals surface area contributed by atoms with Gasteiger partial charge in [-0.15, -0.1) is 0 Å². The number of benzene rings is 1. The molecule has 1 aromatic rings. The van der Waals surface area contributed by atoms with Crippen LogP contribution in [0.5, 0.6) is 0 Å². The summed E-state index contributed by atoms with van der Waals surface area (Å²) < 4.78 is 16.7. The van der Waals surface area contributed by atoms with E-state index in [2.05, 4.69) is 19.1 Å². The molecule has 0 bridgehead atoms. The van der Waals surface area contributed by atoms with Crippen LogP contribution in [-0.4, -0.2) is 35.4 Å². The molecule has 0 aliphatic carbocycles. The summed E-state index contributed by atoms with van der Waals surface area (Å²) in [5.41, 5.74) is 1.17. The molecule has 0 spiro atoms. The smallest absolute Gasteiger partial charge is 0.372 e. The lowest BCUT2D eigenvalue weighted by molar-refractivity contribution is -0.137. The van der Waals surface area contributed by atoms with Crippen LogP contribution in [0.15, 0.2) is 36.4 Å². The third-order valence-corrected chi connectivity index (χ3v) is 7.12. The second-order valence-corrected chi connectivity index (χ2v) is 8.11. The molecule has 0 unspecified atom stereocenters. The van der Waals surface area contributed by atoms with Crippen molar-refractivity contribution in [2.24, 2.45) is 0 Å². The Labute approximate surface area is 128 Å². The lowest BCUT2D eigenvalue weighted by Gasteiger charge is -2.29. The van der Waals surface area contributed by atoms with E-state index in [0.29, 0.717) is 13.0 Å². The molecule has 116 valence electrons. The Morgan fingerprint density at radius 3 is 2.48 bits per heavy atom. The lowest BCUT2D eigenvalue weighted by atomic mass is 10.2. The normalized spacial score (nSPS) is 11.8. The average molecular weight is 308 g/mol. The van der Waals surface area contributed by atoms with Crippen LogP contribution in [0.25, 0.3) is 0 Å². The number of hydrogen-bond donors (Lipinski definition) is 0. The fraction of sp³-hybridized carbons (Fsp3) is 0.438. The SMILES string of the molecule is CC=CC(=O)OCCC[Si](OC)(OC)c1ccccc1C. The molecule has 0 aliphatic rings. The first-order valence-corrected chi connectivity index (χ1v) is 9.08. The monoisotopic (exact) mass is 308 g/mol. The maximum absolute atomic E-state index is 11.3. The lowest BCUT2D eigenvalue weighted by Crippen LogP contribution is -2.53. The van der Waals surface area contributed by atoms with E-state index in [4.69, 9.17) is 13.6 Å². The first kappa shape index (κ1) is 17.6. The van der Waals surface area contributed by atoms with Crippen LogP contribution in [0, 0.1) is 6.92 Å². The van der Waals surface area contributed by atoms with E-state index in [9.17, 15) is 4.79 Å². The van der Waals surface area contributed by atoms with Crippen LogP contribution in [0.3, 0.4) is 0 Å². The Morgan fingerprint density at radius 2 is 1.90 bits per heavy atom. The highest BCUT2D eigenvalue weighted by Gasteiger charge is 2.38. The van der Waals surface area contributed by atoms with Crippen molar-refractivity contribution in [2.75, 3.05) is 20.8 Å². The van der Waals surface area contributed by atoms with Gasteiger partial charge >= 0.3 is 14.5 Å². The zero-order valence-electron chi connectivity index (χ0n) is 13.2. The summed E-state index contributed by atoms with van der Waals surface area (Å²) in [6, 6.07) is 8.85. The van der Waals surface area contributed by atoms with E-state index in [-0.39, 0.29) is 5.97 Å². The predicted octanol–water partition coefficient (Wildman–Crippen LogP) is 2.45. The minimum atomic E-state index is -2.46. The summed E-state index contributed by atoms with van der Waals surface area (Å²) in [6.45, 7) is 4.21. The molecule has 0 heterocycles. The molecular weight excluding hydrogens is 284 g/mol. The van der Waals surface area contributed by atoms with Gasteiger partial charge in [-0.3, -0.25) is 0 Å². The number of aryl methyl sites for hydroxylation is 1. The third-order valence-electron chi connectivity index (χ3n) is 3.41. The summed E-state index contributed by atoms with van der Waals surface area (Å²) in [5, 5.41) is 1.13. The van der Waals surface area contributed by atoms with E-state index >= 15 is 0 Å². The van der Waals surface area contributed by atoms with E-state index in [0.717, 1.165) is 11.2 Å². The zero-order valence-corrected chi connectivity index (χ0v) is 14.2. The number of carbonyl (C=O) groups is 1. The Hall–Kier alpha value is -1.43. The first-order chi connectivity index (χ1) is 10.1. The van der Waals surface area contributed by atoms with Crippen LogP contribution < -0.4 is 5.19 Å². The Kier molecular flexibility index (Phi) is 7.35. The van der Waals surface area contributed by atoms with Crippen molar-refractivity contribution in [3.8, 4) is 0 Å².